The molecule has 0 saturated heterocycles. The molecule has 0 spiro atoms. The summed E-state index contributed by atoms with van der Waals surface area (Å²) in [5, 5.41) is 9.86. The van der Waals surface area contributed by atoms with Gasteiger partial charge in [0.1, 0.15) is 0 Å². The minimum atomic E-state index is -0.505. The summed E-state index contributed by atoms with van der Waals surface area (Å²) >= 11 is 0. The van der Waals surface area contributed by atoms with Gasteiger partial charge in [0.05, 0.1) is 5.69 Å². The van der Waals surface area contributed by atoms with Crippen molar-refractivity contribution in [3.63, 3.8) is 0 Å². The van der Waals surface area contributed by atoms with Crippen molar-refractivity contribution in [2.24, 2.45) is 11.7 Å². The van der Waals surface area contributed by atoms with Crippen LogP contribution in [0.15, 0.2) is 4.79 Å². The molecular weight excluding hydrogens is 268 g/mol. The zero-order valence-electron chi connectivity index (χ0n) is 11.0. The number of hydrogen-bond donors (Lipinski definition) is 5. The molecule has 0 aliphatic carbocycles. The van der Waals surface area contributed by atoms with Crippen LogP contribution in [0.25, 0.3) is 0 Å². The van der Waals surface area contributed by atoms with E-state index in [1.165, 1.54) is 11.5 Å². The number of aromatic nitrogens is 2. The Labute approximate surface area is 114 Å². The number of carbonyl (C=O) groups excluding carboxylic acids is 2. The fraction of sp³-hybridized carbons (Fsp3) is 0.500. The molecule has 0 aromatic carbocycles. The Morgan fingerprint density at radius 2 is 1.55 bits per heavy atom. The number of amides is 2. The largest absolute Gasteiger partial charge is 0.493 e. The predicted molar refractivity (Wildman–Crippen MR) is 69.0 cm³/mol. The average Bonchev–Trinajstić information content (AvgIpc) is 2.65. The Bertz CT molecular complexity index is 514. The molecule has 0 atom stereocenters. The van der Waals surface area contributed by atoms with Crippen molar-refractivity contribution in [2.75, 3.05) is 0 Å². The van der Waals surface area contributed by atoms with E-state index in [4.69, 9.17) is 11.7 Å². The topological polar surface area (TPSA) is 157 Å². The molecule has 7 N–H and O–H groups in total. The van der Waals surface area contributed by atoms with E-state index in [1.54, 1.807) is 0 Å². The first-order valence-corrected chi connectivity index (χ1v) is 5.90. The van der Waals surface area contributed by atoms with Crippen LogP contribution in [0.4, 0.5) is 0 Å². The maximum Gasteiger partial charge on any atom is 0.331 e. The number of hydrazine groups is 2. The molecule has 0 fully saturated rings. The third-order valence-electron chi connectivity index (χ3n) is 2.89. The maximum absolute atomic E-state index is 12.1. The Morgan fingerprint density at radius 3 is 2.00 bits per heavy atom. The summed E-state index contributed by atoms with van der Waals surface area (Å²) in [6, 6.07) is 0. The molecule has 1 heterocycles. The average molecular weight is 286 g/mol. The first kappa shape index (κ1) is 15.7. The molecule has 1 aromatic rings. The zero-order valence-corrected chi connectivity index (χ0v) is 11.0. The van der Waals surface area contributed by atoms with Gasteiger partial charge < -0.3 is 5.11 Å². The van der Waals surface area contributed by atoms with Crippen LogP contribution in [0.3, 0.4) is 0 Å². The third-order valence-corrected chi connectivity index (χ3v) is 2.89. The quantitative estimate of drug-likeness (QED) is 0.219. The van der Waals surface area contributed by atoms with Crippen LogP contribution in [0.2, 0.25) is 0 Å². The lowest BCUT2D eigenvalue weighted by molar-refractivity contribution is -0.122. The Balaban J connectivity index is 2.90. The molecule has 1 aromatic heterocycles. The number of nitrogens with two attached hydrogens (primary N) is 2. The van der Waals surface area contributed by atoms with Crippen molar-refractivity contribution in [3.8, 4) is 5.88 Å². The van der Waals surface area contributed by atoms with Crippen molar-refractivity contribution in [1.82, 2.24) is 20.0 Å². The first-order chi connectivity index (χ1) is 9.42. The van der Waals surface area contributed by atoms with Crippen LogP contribution in [-0.4, -0.2) is 26.1 Å². The summed E-state index contributed by atoms with van der Waals surface area (Å²) in [6.45, 7) is 1.61. The monoisotopic (exact) mass is 286 g/mol. The van der Waals surface area contributed by atoms with Crippen LogP contribution in [-0.2, 0) is 22.7 Å². The second-order valence-electron chi connectivity index (χ2n) is 4.13. The molecular formula is C10H18N6O4. The zero-order chi connectivity index (χ0) is 15.3. The van der Waals surface area contributed by atoms with Gasteiger partial charge in [-0.2, -0.15) is 0 Å². The van der Waals surface area contributed by atoms with E-state index >= 15 is 0 Å². The molecule has 20 heavy (non-hydrogen) atoms. The van der Waals surface area contributed by atoms with Gasteiger partial charge >= 0.3 is 5.69 Å². The van der Waals surface area contributed by atoms with Crippen molar-refractivity contribution >= 4 is 11.8 Å². The van der Waals surface area contributed by atoms with E-state index < -0.39 is 17.5 Å². The highest BCUT2D eigenvalue weighted by Crippen LogP contribution is 2.14. The minimum Gasteiger partial charge on any atom is -0.493 e. The smallest absolute Gasteiger partial charge is 0.331 e. The molecule has 10 heteroatoms. The van der Waals surface area contributed by atoms with E-state index in [-0.39, 0.29) is 31.8 Å². The van der Waals surface area contributed by atoms with Crippen molar-refractivity contribution in [1.29, 1.82) is 0 Å². The molecule has 0 aliphatic rings. The van der Waals surface area contributed by atoms with Crippen molar-refractivity contribution in [2.45, 2.75) is 32.9 Å². The van der Waals surface area contributed by atoms with E-state index in [2.05, 4.69) is 0 Å². The number of hydrogen-bond acceptors (Lipinski definition) is 6. The van der Waals surface area contributed by atoms with E-state index in [9.17, 15) is 19.5 Å². The number of carbonyl (C=O) groups is 2. The SMILES string of the molecule is Cc1c(O)n(CCC(=O)NN)c(=O)n1CCC(=O)NN. The number of aromatic hydroxyl groups is 1. The van der Waals surface area contributed by atoms with Gasteiger partial charge in [-0.15, -0.1) is 0 Å². The highest BCUT2D eigenvalue weighted by molar-refractivity contribution is 5.75. The lowest BCUT2D eigenvalue weighted by Crippen LogP contribution is -2.33. The molecule has 0 unspecified atom stereocenters. The number of imidazole rings is 1. The number of rotatable bonds is 6. The highest BCUT2D eigenvalue weighted by atomic mass is 16.3. The Hall–Kier alpha value is -2.33. The maximum atomic E-state index is 12.1. The van der Waals surface area contributed by atoms with Gasteiger partial charge in [0.2, 0.25) is 17.7 Å². The summed E-state index contributed by atoms with van der Waals surface area (Å²) in [4.78, 5) is 34.2. The van der Waals surface area contributed by atoms with Crippen LogP contribution in [0.1, 0.15) is 18.5 Å². The van der Waals surface area contributed by atoms with Gasteiger partial charge in [0, 0.05) is 25.9 Å². The second kappa shape index (κ2) is 6.73. The molecule has 0 radical (unpaired) electrons. The van der Waals surface area contributed by atoms with Gasteiger partial charge in [0.15, 0.2) is 0 Å². The minimum absolute atomic E-state index is 0.00395. The number of nitrogens with zero attached hydrogens (tertiary/aromatic N) is 2. The molecule has 2 amide bonds. The van der Waals surface area contributed by atoms with Crippen LogP contribution < -0.4 is 28.2 Å². The molecule has 0 saturated carbocycles. The first-order valence-electron chi connectivity index (χ1n) is 5.90. The van der Waals surface area contributed by atoms with Gasteiger partial charge in [-0.1, -0.05) is 0 Å². The molecule has 10 nitrogen and oxygen atoms in total. The standard InChI is InChI=1S/C10H18N6O4/c1-6-9(19)16(5-3-8(18)14-12)10(20)15(6)4-2-7(17)13-11/h19H,2-5,11-12H2,1H3,(H,13,17)(H,14,18). The van der Waals surface area contributed by atoms with Crippen LogP contribution >= 0.6 is 0 Å². The van der Waals surface area contributed by atoms with Gasteiger partial charge in [-0.05, 0) is 6.92 Å². The molecule has 112 valence electrons. The van der Waals surface area contributed by atoms with Gasteiger partial charge in [-0.3, -0.25) is 29.6 Å². The number of nitrogens with one attached hydrogen (secondary N) is 2. The summed E-state index contributed by atoms with van der Waals surface area (Å²) in [5.74, 6) is 8.76. The lowest BCUT2D eigenvalue weighted by Gasteiger charge is -2.02. The van der Waals surface area contributed by atoms with E-state index in [1.807, 2.05) is 10.9 Å². The summed E-state index contributed by atoms with van der Waals surface area (Å²) in [7, 11) is 0. The Kier molecular flexibility index (Phi) is 5.29. The lowest BCUT2D eigenvalue weighted by atomic mass is 10.4. The van der Waals surface area contributed by atoms with Crippen molar-refractivity contribution in [3.05, 3.63) is 16.2 Å². The van der Waals surface area contributed by atoms with Crippen LogP contribution in [0.5, 0.6) is 5.88 Å². The van der Waals surface area contributed by atoms with Gasteiger partial charge in [0.25, 0.3) is 0 Å². The van der Waals surface area contributed by atoms with E-state index in [0.29, 0.717) is 5.69 Å². The predicted octanol–water partition coefficient (Wildman–Crippen LogP) is -2.58. The summed E-state index contributed by atoms with van der Waals surface area (Å²) in [6.07, 6.45) is -0.0410. The normalized spacial score (nSPS) is 10.3. The fourth-order valence-electron chi connectivity index (χ4n) is 1.73. The fourth-order valence-corrected chi connectivity index (χ4v) is 1.73. The molecule has 1 rings (SSSR count). The second-order valence-corrected chi connectivity index (χ2v) is 4.13. The summed E-state index contributed by atoms with van der Waals surface area (Å²) < 4.78 is 2.29. The highest BCUT2D eigenvalue weighted by Gasteiger charge is 2.17. The molecule has 0 aliphatic heterocycles. The Morgan fingerprint density at radius 1 is 1.10 bits per heavy atom. The summed E-state index contributed by atoms with van der Waals surface area (Å²) in [5.41, 5.74) is 3.69. The molecule has 0 bridgehead atoms. The third kappa shape index (κ3) is 3.36. The van der Waals surface area contributed by atoms with Crippen LogP contribution in [0, 0.1) is 6.92 Å². The van der Waals surface area contributed by atoms with Gasteiger partial charge in [-0.25, -0.2) is 16.5 Å². The van der Waals surface area contributed by atoms with E-state index in [0.717, 1.165) is 4.57 Å². The van der Waals surface area contributed by atoms with Crippen molar-refractivity contribution < 1.29 is 14.7 Å².